The Morgan fingerprint density at radius 3 is 2.27 bits per heavy atom. The van der Waals surface area contributed by atoms with E-state index in [4.69, 9.17) is 5.41 Å². The fourth-order valence-corrected chi connectivity index (χ4v) is 0.871. The van der Waals surface area contributed by atoms with Crippen molar-refractivity contribution in [3.63, 3.8) is 0 Å². The van der Waals surface area contributed by atoms with Gasteiger partial charge in [0.05, 0.1) is 0 Å². The lowest BCUT2D eigenvalue weighted by Gasteiger charge is -2.01. The van der Waals surface area contributed by atoms with Crippen molar-refractivity contribution in [1.29, 1.82) is 5.41 Å². The highest BCUT2D eigenvalue weighted by atomic mass is 14.4. The lowest BCUT2D eigenvalue weighted by atomic mass is 10.1. The smallest absolute Gasteiger partial charge is 0.0343 e. The summed E-state index contributed by atoms with van der Waals surface area (Å²) in [7, 11) is 0. The standard InChI is InChI=1S/C10H17N/c1-4-7-8-9(5-2)10(11)6-3/h4,7-8,11H,5-6H2,1-3H3/b7-4-,9-8-,11-10?. The molecule has 0 aliphatic heterocycles. The van der Waals surface area contributed by atoms with Gasteiger partial charge in [-0.15, -0.1) is 0 Å². The number of allylic oxidation sites excluding steroid dienone is 4. The summed E-state index contributed by atoms with van der Waals surface area (Å²) in [6.07, 6.45) is 7.78. The van der Waals surface area contributed by atoms with Crippen LogP contribution in [-0.4, -0.2) is 5.71 Å². The van der Waals surface area contributed by atoms with Crippen molar-refractivity contribution in [2.75, 3.05) is 0 Å². The predicted octanol–water partition coefficient (Wildman–Crippen LogP) is 3.33. The molecule has 0 aliphatic carbocycles. The molecule has 0 unspecified atom stereocenters. The molecule has 0 spiro atoms. The van der Waals surface area contributed by atoms with Gasteiger partial charge in [-0.3, -0.25) is 0 Å². The van der Waals surface area contributed by atoms with Gasteiger partial charge in [-0.25, -0.2) is 0 Å². The van der Waals surface area contributed by atoms with Crippen LogP contribution in [0.25, 0.3) is 0 Å². The second kappa shape index (κ2) is 5.90. The van der Waals surface area contributed by atoms with E-state index in [2.05, 4.69) is 6.92 Å². The van der Waals surface area contributed by atoms with Crippen molar-refractivity contribution in [2.45, 2.75) is 33.6 Å². The Bertz CT molecular complexity index is 175. The second-order valence-corrected chi connectivity index (χ2v) is 2.40. The summed E-state index contributed by atoms with van der Waals surface area (Å²) in [6.45, 7) is 6.08. The quantitative estimate of drug-likeness (QED) is 0.470. The molecule has 0 aromatic heterocycles. The van der Waals surface area contributed by atoms with Crippen LogP contribution in [-0.2, 0) is 0 Å². The molecule has 1 N–H and O–H groups in total. The molecular weight excluding hydrogens is 134 g/mol. The third kappa shape index (κ3) is 3.76. The highest BCUT2D eigenvalue weighted by Crippen LogP contribution is 2.05. The molecule has 0 bridgehead atoms. The Morgan fingerprint density at radius 2 is 1.91 bits per heavy atom. The lowest BCUT2D eigenvalue weighted by molar-refractivity contribution is 1.12. The monoisotopic (exact) mass is 151 g/mol. The first-order chi connectivity index (χ1) is 5.26. The first-order valence-corrected chi connectivity index (χ1v) is 4.15. The Morgan fingerprint density at radius 1 is 1.27 bits per heavy atom. The topological polar surface area (TPSA) is 23.9 Å². The van der Waals surface area contributed by atoms with E-state index in [1.165, 1.54) is 0 Å². The van der Waals surface area contributed by atoms with Gasteiger partial charge in [0.1, 0.15) is 0 Å². The zero-order valence-corrected chi connectivity index (χ0v) is 7.65. The van der Waals surface area contributed by atoms with Crippen LogP contribution in [0.2, 0.25) is 0 Å². The average Bonchev–Trinajstić information content (AvgIpc) is 2.05. The summed E-state index contributed by atoms with van der Waals surface area (Å²) >= 11 is 0. The van der Waals surface area contributed by atoms with Gasteiger partial charge in [-0.05, 0) is 25.3 Å². The van der Waals surface area contributed by atoms with Crippen molar-refractivity contribution in [3.8, 4) is 0 Å². The minimum atomic E-state index is 0.755. The highest BCUT2D eigenvalue weighted by Gasteiger charge is 1.97. The average molecular weight is 151 g/mol. The molecule has 0 fully saturated rings. The fraction of sp³-hybridized carbons (Fsp3) is 0.500. The summed E-state index contributed by atoms with van der Waals surface area (Å²) < 4.78 is 0. The number of nitrogens with one attached hydrogen (secondary N) is 1. The van der Waals surface area contributed by atoms with E-state index in [-0.39, 0.29) is 0 Å². The SMILES string of the molecule is C/C=C\C=C(\CC)C(=N)CC. The summed E-state index contributed by atoms with van der Waals surface area (Å²) in [5.41, 5.74) is 1.90. The van der Waals surface area contributed by atoms with Gasteiger partial charge in [0.15, 0.2) is 0 Å². The highest BCUT2D eigenvalue weighted by molar-refractivity contribution is 5.97. The Kier molecular flexibility index (Phi) is 5.44. The second-order valence-electron chi connectivity index (χ2n) is 2.40. The predicted molar refractivity (Wildman–Crippen MR) is 51.2 cm³/mol. The van der Waals surface area contributed by atoms with Crippen molar-refractivity contribution in [3.05, 3.63) is 23.8 Å². The molecule has 0 amide bonds. The normalized spacial score (nSPS) is 12.5. The number of rotatable bonds is 4. The van der Waals surface area contributed by atoms with Gasteiger partial charge in [0.2, 0.25) is 0 Å². The van der Waals surface area contributed by atoms with Crippen LogP contribution >= 0.6 is 0 Å². The van der Waals surface area contributed by atoms with Crippen LogP contribution in [0.5, 0.6) is 0 Å². The van der Waals surface area contributed by atoms with Gasteiger partial charge >= 0.3 is 0 Å². The fourth-order valence-electron chi connectivity index (χ4n) is 0.871. The van der Waals surface area contributed by atoms with Gasteiger partial charge in [0, 0.05) is 5.71 Å². The van der Waals surface area contributed by atoms with Crippen molar-refractivity contribution >= 4 is 5.71 Å². The summed E-state index contributed by atoms with van der Waals surface area (Å²) in [5.74, 6) is 0. The van der Waals surface area contributed by atoms with Gasteiger partial charge in [0.25, 0.3) is 0 Å². The molecule has 11 heavy (non-hydrogen) atoms. The Balaban J connectivity index is 4.26. The molecule has 1 heteroatoms. The van der Waals surface area contributed by atoms with E-state index >= 15 is 0 Å². The van der Waals surface area contributed by atoms with Gasteiger partial charge in [-0.2, -0.15) is 0 Å². The molecule has 0 saturated heterocycles. The summed E-state index contributed by atoms with van der Waals surface area (Å²) in [4.78, 5) is 0. The maximum atomic E-state index is 7.57. The van der Waals surface area contributed by atoms with Crippen molar-refractivity contribution in [1.82, 2.24) is 0 Å². The van der Waals surface area contributed by atoms with Crippen molar-refractivity contribution in [2.24, 2.45) is 0 Å². The van der Waals surface area contributed by atoms with Crippen LogP contribution in [0.4, 0.5) is 0 Å². The third-order valence-corrected chi connectivity index (χ3v) is 1.61. The Labute approximate surface area is 69.3 Å². The molecule has 0 aromatic rings. The molecule has 0 rings (SSSR count). The minimum absolute atomic E-state index is 0.755. The minimum Gasteiger partial charge on any atom is -0.305 e. The maximum absolute atomic E-state index is 7.57. The molecule has 0 radical (unpaired) electrons. The van der Waals surface area contributed by atoms with Crippen LogP contribution in [0, 0.1) is 5.41 Å². The molecule has 0 heterocycles. The molecule has 0 aliphatic rings. The molecule has 62 valence electrons. The molecular formula is C10H17N. The van der Waals surface area contributed by atoms with E-state index in [0.29, 0.717) is 0 Å². The van der Waals surface area contributed by atoms with Crippen LogP contribution < -0.4 is 0 Å². The first kappa shape index (κ1) is 10.2. The Hall–Kier alpha value is -0.850. The molecule has 1 nitrogen and oxygen atoms in total. The zero-order chi connectivity index (χ0) is 8.69. The van der Waals surface area contributed by atoms with Gasteiger partial charge < -0.3 is 5.41 Å². The van der Waals surface area contributed by atoms with Crippen LogP contribution in [0.15, 0.2) is 23.8 Å². The van der Waals surface area contributed by atoms with E-state index < -0.39 is 0 Å². The molecule has 0 aromatic carbocycles. The molecule has 0 atom stereocenters. The van der Waals surface area contributed by atoms with Crippen LogP contribution in [0.1, 0.15) is 33.6 Å². The summed E-state index contributed by atoms with van der Waals surface area (Å²) in [5, 5.41) is 7.57. The van der Waals surface area contributed by atoms with E-state index in [9.17, 15) is 0 Å². The maximum Gasteiger partial charge on any atom is 0.0343 e. The van der Waals surface area contributed by atoms with E-state index in [1.54, 1.807) is 0 Å². The number of hydrogen-bond acceptors (Lipinski definition) is 1. The largest absolute Gasteiger partial charge is 0.305 e. The third-order valence-electron chi connectivity index (χ3n) is 1.61. The van der Waals surface area contributed by atoms with Gasteiger partial charge in [-0.1, -0.05) is 32.1 Å². The van der Waals surface area contributed by atoms with Crippen molar-refractivity contribution < 1.29 is 0 Å². The van der Waals surface area contributed by atoms with E-state index in [0.717, 1.165) is 24.1 Å². The molecule has 0 saturated carbocycles. The lowest BCUT2D eigenvalue weighted by Crippen LogP contribution is -1.97. The first-order valence-electron chi connectivity index (χ1n) is 4.15. The van der Waals surface area contributed by atoms with Crippen LogP contribution in [0.3, 0.4) is 0 Å². The number of hydrogen-bond donors (Lipinski definition) is 1. The zero-order valence-electron chi connectivity index (χ0n) is 7.65. The summed E-state index contributed by atoms with van der Waals surface area (Å²) in [6, 6.07) is 0. The van der Waals surface area contributed by atoms with E-state index in [1.807, 2.05) is 32.1 Å².